The van der Waals surface area contributed by atoms with Crippen LogP contribution in [0.2, 0.25) is 0 Å². The fourth-order valence-electron chi connectivity index (χ4n) is 1.93. The lowest BCUT2D eigenvalue weighted by molar-refractivity contribution is -0.139. The Balaban J connectivity index is 1.94. The quantitative estimate of drug-likeness (QED) is 0.728. The normalized spacial score (nSPS) is 18.0. The van der Waals surface area contributed by atoms with Crippen molar-refractivity contribution in [1.29, 1.82) is 0 Å². The number of amides is 1. The molecule has 1 aromatic rings. The molecule has 1 aliphatic rings. The van der Waals surface area contributed by atoms with Crippen LogP contribution in [0, 0.1) is 5.92 Å². The highest BCUT2D eigenvalue weighted by Gasteiger charge is 2.22. The van der Waals surface area contributed by atoms with Gasteiger partial charge in [-0.2, -0.15) is 0 Å². The molecule has 6 heteroatoms. The molecule has 0 bridgehead atoms. The molecule has 0 spiro atoms. The molecule has 2 rings (SSSR count). The molecule has 1 saturated heterocycles. The summed E-state index contributed by atoms with van der Waals surface area (Å²) in [6.07, 6.45) is 0.834. The minimum atomic E-state index is -1.04. The summed E-state index contributed by atoms with van der Waals surface area (Å²) < 4.78 is 5.05. The fraction of sp³-hybridized carbons (Fsp3) is 0.385. The molecule has 0 radical (unpaired) electrons. The molecule has 1 aromatic carbocycles. The van der Waals surface area contributed by atoms with Gasteiger partial charge in [-0.25, -0.2) is 4.79 Å². The SMILES string of the molecule is O=C(O)COc1cccc(NC(=O)C2CCNC2)c1. The van der Waals surface area contributed by atoms with Gasteiger partial charge in [-0.3, -0.25) is 4.79 Å². The van der Waals surface area contributed by atoms with Crippen LogP contribution in [-0.4, -0.2) is 36.7 Å². The molecule has 6 nitrogen and oxygen atoms in total. The van der Waals surface area contributed by atoms with Gasteiger partial charge in [0.05, 0.1) is 5.92 Å². The molecule has 19 heavy (non-hydrogen) atoms. The van der Waals surface area contributed by atoms with E-state index >= 15 is 0 Å². The van der Waals surface area contributed by atoms with Crippen molar-refractivity contribution >= 4 is 17.6 Å². The predicted octanol–water partition coefficient (Wildman–Crippen LogP) is 0.698. The zero-order valence-electron chi connectivity index (χ0n) is 10.4. The summed E-state index contributed by atoms with van der Waals surface area (Å²) >= 11 is 0. The largest absolute Gasteiger partial charge is 0.482 e. The van der Waals surface area contributed by atoms with Crippen molar-refractivity contribution < 1.29 is 19.4 Å². The first-order valence-electron chi connectivity index (χ1n) is 6.11. The van der Waals surface area contributed by atoms with Crippen molar-refractivity contribution in [1.82, 2.24) is 5.32 Å². The van der Waals surface area contributed by atoms with Crippen LogP contribution in [0.25, 0.3) is 0 Å². The lowest BCUT2D eigenvalue weighted by atomic mass is 10.1. The van der Waals surface area contributed by atoms with Crippen LogP contribution >= 0.6 is 0 Å². The molecule has 1 unspecified atom stereocenters. The summed E-state index contributed by atoms with van der Waals surface area (Å²) in [5, 5.41) is 14.5. The highest BCUT2D eigenvalue weighted by molar-refractivity contribution is 5.93. The molecule has 0 aromatic heterocycles. The number of carboxylic acid groups (broad SMARTS) is 1. The standard InChI is InChI=1S/C13H16N2O4/c16-12(17)8-19-11-3-1-2-10(6-11)15-13(18)9-4-5-14-7-9/h1-3,6,9,14H,4-5,7-8H2,(H,15,18)(H,16,17). The van der Waals surface area contributed by atoms with Crippen LogP contribution in [0.15, 0.2) is 24.3 Å². The third kappa shape index (κ3) is 3.96. The van der Waals surface area contributed by atoms with E-state index in [1.807, 2.05) is 0 Å². The Kier molecular flexibility index (Phi) is 4.35. The molecule has 1 heterocycles. The number of anilines is 1. The maximum absolute atomic E-state index is 11.9. The monoisotopic (exact) mass is 264 g/mol. The second kappa shape index (κ2) is 6.19. The molecule has 1 atom stereocenters. The molecule has 1 amide bonds. The van der Waals surface area contributed by atoms with E-state index in [9.17, 15) is 9.59 Å². The van der Waals surface area contributed by atoms with E-state index in [0.29, 0.717) is 18.0 Å². The maximum atomic E-state index is 11.9. The Morgan fingerprint density at radius 2 is 2.32 bits per heavy atom. The topological polar surface area (TPSA) is 87.7 Å². The number of carbonyl (C=O) groups excluding carboxylic acids is 1. The molecular weight excluding hydrogens is 248 g/mol. The predicted molar refractivity (Wildman–Crippen MR) is 69.2 cm³/mol. The summed E-state index contributed by atoms with van der Waals surface area (Å²) in [4.78, 5) is 22.3. The van der Waals surface area contributed by atoms with Gasteiger partial charge in [-0.05, 0) is 25.1 Å². The van der Waals surface area contributed by atoms with E-state index < -0.39 is 12.6 Å². The zero-order chi connectivity index (χ0) is 13.7. The van der Waals surface area contributed by atoms with Crippen molar-refractivity contribution in [3.8, 4) is 5.75 Å². The van der Waals surface area contributed by atoms with E-state index in [0.717, 1.165) is 13.0 Å². The van der Waals surface area contributed by atoms with E-state index in [-0.39, 0.29) is 11.8 Å². The van der Waals surface area contributed by atoms with Crippen molar-refractivity contribution in [2.75, 3.05) is 25.0 Å². The van der Waals surface area contributed by atoms with Gasteiger partial charge in [0.25, 0.3) is 0 Å². The number of carboxylic acids is 1. The van der Waals surface area contributed by atoms with E-state index in [1.165, 1.54) is 0 Å². The second-order valence-electron chi connectivity index (χ2n) is 4.39. The molecule has 1 aliphatic heterocycles. The Labute approximate surface area is 110 Å². The summed E-state index contributed by atoms with van der Waals surface area (Å²) in [6.45, 7) is 1.16. The number of hydrogen-bond donors (Lipinski definition) is 3. The Morgan fingerprint density at radius 3 is 3.00 bits per heavy atom. The van der Waals surface area contributed by atoms with Gasteiger partial charge < -0.3 is 20.5 Å². The average molecular weight is 264 g/mol. The van der Waals surface area contributed by atoms with Gasteiger partial charge in [-0.15, -0.1) is 0 Å². The highest BCUT2D eigenvalue weighted by Crippen LogP contribution is 2.19. The first-order valence-corrected chi connectivity index (χ1v) is 6.11. The third-order valence-electron chi connectivity index (χ3n) is 2.89. The maximum Gasteiger partial charge on any atom is 0.341 e. The Morgan fingerprint density at radius 1 is 1.47 bits per heavy atom. The molecule has 3 N–H and O–H groups in total. The molecular formula is C13H16N2O4. The molecule has 0 aliphatic carbocycles. The molecule has 0 saturated carbocycles. The van der Waals surface area contributed by atoms with Gasteiger partial charge in [0.1, 0.15) is 5.75 Å². The Bertz CT molecular complexity index is 469. The van der Waals surface area contributed by atoms with E-state index in [4.69, 9.17) is 9.84 Å². The number of aliphatic carboxylic acids is 1. The highest BCUT2D eigenvalue weighted by atomic mass is 16.5. The first kappa shape index (κ1) is 13.4. The third-order valence-corrected chi connectivity index (χ3v) is 2.89. The van der Waals surface area contributed by atoms with Gasteiger partial charge in [0.15, 0.2) is 6.61 Å². The fourth-order valence-corrected chi connectivity index (χ4v) is 1.93. The Hall–Kier alpha value is -2.08. The van der Waals surface area contributed by atoms with Gasteiger partial charge in [-0.1, -0.05) is 6.07 Å². The van der Waals surface area contributed by atoms with Crippen LogP contribution in [0.3, 0.4) is 0 Å². The first-order chi connectivity index (χ1) is 9.15. The van der Waals surface area contributed by atoms with Gasteiger partial charge in [0, 0.05) is 18.3 Å². The summed E-state index contributed by atoms with van der Waals surface area (Å²) in [6, 6.07) is 6.71. The van der Waals surface area contributed by atoms with Crippen LogP contribution in [0.1, 0.15) is 6.42 Å². The second-order valence-corrected chi connectivity index (χ2v) is 4.39. The number of nitrogens with one attached hydrogen (secondary N) is 2. The van der Waals surface area contributed by atoms with Crippen LogP contribution in [0.5, 0.6) is 5.75 Å². The summed E-state index contributed by atoms with van der Waals surface area (Å²) in [7, 11) is 0. The van der Waals surface area contributed by atoms with Crippen molar-refractivity contribution in [3.63, 3.8) is 0 Å². The number of ether oxygens (including phenoxy) is 1. The van der Waals surface area contributed by atoms with Crippen LogP contribution < -0.4 is 15.4 Å². The summed E-state index contributed by atoms with van der Waals surface area (Å²) in [5.41, 5.74) is 0.611. The minimum Gasteiger partial charge on any atom is -0.482 e. The van der Waals surface area contributed by atoms with Crippen LogP contribution in [-0.2, 0) is 9.59 Å². The van der Waals surface area contributed by atoms with Crippen LogP contribution in [0.4, 0.5) is 5.69 Å². The van der Waals surface area contributed by atoms with Gasteiger partial charge >= 0.3 is 5.97 Å². The van der Waals surface area contributed by atoms with Gasteiger partial charge in [0.2, 0.25) is 5.91 Å². The zero-order valence-corrected chi connectivity index (χ0v) is 10.4. The lowest BCUT2D eigenvalue weighted by Gasteiger charge is -2.11. The smallest absolute Gasteiger partial charge is 0.341 e. The average Bonchev–Trinajstić information content (AvgIpc) is 2.91. The molecule has 102 valence electrons. The lowest BCUT2D eigenvalue weighted by Crippen LogP contribution is -2.24. The number of hydrogen-bond acceptors (Lipinski definition) is 4. The van der Waals surface area contributed by atoms with Crippen molar-refractivity contribution in [2.45, 2.75) is 6.42 Å². The number of benzene rings is 1. The van der Waals surface area contributed by atoms with E-state index in [1.54, 1.807) is 24.3 Å². The minimum absolute atomic E-state index is 0.0106. The number of rotatable bonds is 5. The summed E-state index contributed by atoms with van der Waals surface area (Å²) in [5.74, 6) is -0.653. The van der Waals surface area contributed by atoms with Crippen molar-refractivity contribution in [3.05, 3.63) is 24.3 Å². The van der Waals surface area contributed by atoms with Crippen molar-refractivity contribution in [2.24, 2.45) is 5.92 Å². The van der Waals surface area contributed by atoms with E-state index in [2.05, 4.69) is 10.6 Å². The number of carbonyl (C=O) groups is 2. The molecule has 1 fully saturated rings.